The van der Waals surface area contributed by atoms with E-state index in [0.717, 1.165) is 37.5 Å². The highest BCUT2D eigenvalue weighted by atomic mass is 19.2. The second-order valence-corrected chi connectivity index (χ2v) is 8.73. The Morgan fingerprint density at radius 2 is 1.65 bits per heavy atom. The molecule has 0 bridgehead atoms. The van der Waals surface area contributed by atoms with E-state index >= 15 is 0 Å². The molecular weight excluding hydrogens is 447 g/mol. The highest BCUT2D eigenvalue weighted by Crippen LogP contribution is 2.40. The first-order valence-electron chi connectivity index (χ1n) is 11.1. The molecule has 9 heteroatoms. The molecule has 0 aliphatic carbocycles. The molecule has 2 aromatic carbocycles. The molecule has 0 aromatic heterocycles. The number of benzene rings is 2. The van der Waals surface area contributed by atoms with Crippen LogP contribution in [0.15, 0.2) is 42.5 Å². The molecule has 1 N–H and O–H groups in total. The molecule has 34 heavy (non-hydrogen) atoms. The third-order valence-electron chi connectivity index (χ3n) is 6.68. The van der Waals surface area contributed by atoms with Crippen molar-refractivity contribution in [1.29, 1.82) is 0 Å². The van der Waals surface area contributed by atoms with Crippen molar-refractivity contribution in [2.75, 3.05) is 38.6 Å². The summed E-state index contributed by atoms with van der Waals surface area (Å²) in [4.78, 5) is 28.8. The number of urea groups is 1. The van der Waals surface area contributed by atoms with Crippen molar-refractivity contribution < 1.29 is 27.5 Å². The number of methoxy groups -OCH3 is 1. The van der Waals surface area contributed by atoms with Crippen LogP contribution in [-0.2, 0) is 4.79 Å². The van der Waals surface area contributed by atoms with Crippen molar-refractivity contribution in [3.8, 4) is 5.75 Å². The number of hydrogen-bond acceptors (Lipinski definition) is 3. The molecule has 0 unspecified atom stereocenters. The summed E-state index contributed by atoms with van der Waals surface area (Å²) in [6.07, 6.45) is 4.68. The fraction of sp³-hybridized carbons (Fsp3) is 0.360. The van der Waals surface area contributed by atoms with Crippen molar-refractivity contribution >= 4 is 23.7 Å². The Labute approximate surface area is 196 Å². The Morgan fingerprint density at radius 1 is 0.971 bits per heavy atom. The summed E-state index contributed by atoms with van der Waals surface area (Å²) in [5, 5.41) is 2.89. The fourth-order valence-electron chi connectivity index (χ4n) is 4.59. The van der Waals surface area contributed by atoms with E-state index in [1.54, 1.807) is 29.0 Å². The van der Waals surface area contributed by atoms with Crippen LogP contribution in [-0.4, -0.2) is 55.0 Å². The van der Waals surface area contributed by atoms with Gasteiger partial charge in [0.25, 0.3) is 0 Å². The Balaban J connectivity index is 1.32. The maximum absolute atomic E-state index is 13.8. The normalized spacial score (nSPS) is 17.4. The number of nitrogens with one attached hydrogen (secondary N) is 1. The van der Waals surface area contributed by atoms with Crippen molar-refractivity contribution in [3.63, 3.8) is 0 Å². The molecular formula is C25H26F3N3O3. The minimum absolute atomic E-state index is 0.0715. The van der Waals surface area contributed by atoms with Gasteiger partial charge in [0.05, 0.1) is 12.8 Å². The van der Waals surface area contributed by atoms with Gasteiger partial charge >= 0.3 is 6.03 Å². The van der Waals surface area contributed by atoms with Gasteiger partial charge in [0.15, 0.2) is 17.5 Å². The number of carbonyl (C=O) groups excluding carboxylic acids is 2. The number of ether oxygens (including phenoxy) is 1. The molecule has 0 saturated carbocycles. The number of piperidine rings is 1. The van der Waals surface area contributed by atoms with Crippen LogP contribution >= 0.6 is 0 Å². The van der Waals surface area contributed by atoms with E-state index in [4.69, 9.17) is 4.74 Å². The first kappa shape index (κ1) is 23.7. The average molecular weight is 473 g/mol. The van der Waals surface area contributed by atoms with Gasteiger partial charge < -0.3 is 19.9 Å². The topological polar surface area (TPSA) is 61.9 Å². The van der Waals surface area contributed by atoms with Gasteiger partial charge in [0.1, 0.15) is 5.75 Å². The van der Waals surface area contributed by atoms with Crippen molar-refractivity contribution in [1.82, 2.24) is 9.80 Å². The van der Waals surface area contributed by atoms with Gasteiger partial charge in [-0.1, -0.05) is 12.1 Å². The number of nitrogens with zero attached hydrogens (tertiary/aromatic N) is 2. The van der Waals surface area contributed by atoms with Crippen LogP contribution in [0.4, 0.5) is 23.7 Å². The van der Waals surface area contributed by atoms with Crippen LogP contribution in [0.3, 0.4) is 0 Å². The Hall–Kier alpha value is -3.49. The van der Waals surface area contributed by atoms with Crippen LogP contribution < -0.4 is 10.1 Å². The summed E-state index contributed by atoms with van der Waals surface area (Å²) in [6.45, 7) is 2.23. The number of likely N-dealkylation sites (tertiary alicyclic amines) is 2. The summed E-state index contributed by atoms with van der Waals surface area (Å²) < 4.78 is 45.6. The molecule has 6 nitrogen and oxygen atoms in total. The average Bonchev–Trinajstić information content (AvgIpc) is 3.26. The van der Waals surface area contributed by atoms with Gasteiger partial charge in [0, 0.05) is 37.8 Å². The molecule has 2 heterocycles. The van der Waals surface area contributed by atoms with Crippen molar-refractivity contribution in [2.24, 2.45) is 5.41 Å². The third kappa shape index (κ3) is 4.88. The summed E-state index contributed by atoms with van der Waals surface area (Å²) >= 11 is 0. The molecule has 2 saturated heterocycles. The molecule has 2 aliphatic rings. The number of carbonyl (C=O) groups is 2. The predicted molar refractivity (Wildman–Crippen MR) is 122 cm³/mol. The summed E-state index contributed by atoms with van der Waals surface area (Å²) in [5.74, 6) is -3.87. The van der Waals surface area contributed by atoms with E-state index < -0.39 is 17.5 Å². The molecule has 3 amide bonds. The lowest BCUT2D eigenvalue weighted by molar-refractivity contribution is -0.125. The Morgan fingerprint density at radius 3 is 2.35 bits per heavy atom. The zero-order valence-corrected chi connectivity index (χ0v) is 18.8. The van der Waals surface area contributed by atoms with Gasteiger partial charge in [0.2, 0.25) is 5.91 Å². The SMILES string of the molecule is COc1ccccc1NC(=O)N1CCC2(CCN(C(=O)C=Cc3ccc(F)c(F)c3F)C2)CC1. The van der Waals surface area contributed by atoms with E-state index in [-0.39, 0.29) is 22.9 Å². The molecule has 4 rings (SSSR count). The minimum atomic E-state index is -1.56. The van der Waals surface area contributed by atoms with Crippen molar-refractivity contribution in [2.45, 2.75) is 19.3 Å². The van der Waals surface area contributed by atoms with Crippen molar-refractivity contribution in [3.05, 3.63) is 65.5 Å². The van der Waals surface area contributed by atoms with Crippen LogP contribution in [0.25, 0.3) is 6.08 Å². The quantitative estimate of drug-likeness (QED) is 0.519. The van der Waals surface area contributed by atoms with E-state index in [0.29, 0.717) is 37.6 Å². The largest absolute Gasteiger partial charge is 0.495 e. The first-order valence-corrected chi connectivity index (χ1v) is 11.1. The highest BCUT2D eigenvalue weighted by molar-refractivity contribution is 5.92. The second-order valence-electron chi connectivity index (χ2n) is 8.73. The van der Waals surface area contributed by atoms with E-state index in [9.17, 15) is 22.8 Å². The summed E-state index contributed by atoms with van der Waals surface area (Å²) in [7, 11) is 1.55. The molecule has 2 aliphatic heterocycles. The third-order valence-corrected chi connectivity index (χ3v) is 6.68. The van der Waals surface area contributed by atoms with Gasteiger partial charge in [-0.05, 0) is 55.0 Å². The second kappa shape index (κ2) is 9.79. The lowest BCUT2D eigenvalue weighted by Crippen LogP contribution is -2.46. The molecule has 2 fully saturated rings. The zero-order valence-electron chi connectivity index (χ0n) is 18.8. The molecule has 0 radical (unpaired) electrons. The number of rotatable bonds is 4. The van der Waals surface area contributed by atoms with E-state index in [1.807, 2.05) is 12.1 Å². The number of halogens is 3. The predicted octanol–water partition coefficient (Wildman–Crippen LogP) is 4.67. The summed E-state index contributed by atoms with van der Waals surface area (Å²) in [5.41, 5.74) is 0.352. The minimum Gasteiger partial charge on any atom is -0.495 e. The standard InChI is InChI=1S/C25H26F3N3O3/c1-34-20-5-3-2-4-19(20)29-24(33)30-13-10-25(11-14-30)12-15-31(16-25)21(32)9-7-17-6-8-18(26)23(28)22(17)27/h2-9H,10-16H2,1H3,(H,29,33). The zero-order chi connectivity index (χ0) is 24.3. The van der Waals surface area contributed by atoms with Crippen LogP contribution in [0.1, 0.15) is 24.8 Å². The molecule has 2 aromatic rings. The number of anilines is 1. The Kier molecular flexibility index (Phi) is 6.81. The Bertz CT molecular complexity index is 1110. The maximum atomic E-state index is 13.8. The molecule has 180 valence electrons. The fourth-order valence-corrected chi connectivity index (χ4v) is 4.59. The van der Waals surface area contributed by atoms with Gasteiger partial charge in [-0.15, -0.1) is 0 Å². The van der Waals surface area contributed by atoms with E-state index in [2.05, 4.69) is 5.32 Å². The lowest BCUT2D eigenvalue weighted by Gasteiger charge is -2.39. The summed E-state index contributed by atoms with van der Waals surface area (Å²) in [6, 6.07) is 8.93. The van der Waals surface area contributed by atoms with Gasteiger partial charge in [-0.25, -0.2) is 18.0 Å². The lowest BCUT2D eigenvalue weighted by atomic mass is 9.78. The van der Waals surface area contributed by atoms with Crippen LogP contribution in [0.2, 0.25) is 0 Å². The van der Waals surface area contributed by atoms with Crippen LogP contribution in [0.5, 0.6) is 5.75 Å². The first-order chi connectivity index (χ1) is 16.3. The molecule has 1 spiro atoms. The monoisotopic (exact) mass is 473 g/mol. The number of amides is 3. The molecule has 0 atom stereocenters. The highest BCUT2D eigenvalue weighted by Gasteiger charge is 2.42. The number of para-hydroxylation sites is 2. The number of hydrogen-bond donors (Lipinski definition) is 1. The van der Waals surface area contributed by atoms with E-state index in [1.165, 1.54) is 6.08 Å². The van der Waals surface area contributed by atoms with Gasteiger partial charge in [-0.2, -0.15) is 0 Å². The van der Waals surface area contributed by atoms with Gasteiger partial charge in [-0.3, -0.25) is 4.79 Å². The van der Waals surface area contributed by atoms with Crippen LogP contribution in [0, 0.1) is 22.9 Å². The maximum Gasteiger partial charge on any atom is 0.321 e. The smallest absolute Gasteiger partial charge is 0.321 e.